The van der Waals surface area contributed by atoms with E-state index in [1.807, 2.05) is 0 Å². The predicted molar refractivity (Wildman–Crippen MR) is 140 cm³/mol. The number of thioether (sulfide) groups is 1. The first-order chi connectivity index (χ1) is 19.3. The summed E-state index contributed by atoms with van der Waals surface area (Å²) >= 11 is 2.36. The minimum atomic E-state index is -1.02. The molecule has 2 aromatic rings. The fraction of sp³-hybridized carbons (Fsp3) is 0.304. The van der Waals surface area contributed by atoms with Gasteiger partial charge < -0.3 is 30.5 Å². The van der Waals surface area contributed by atoms with Gasteiger partial charge in [-0.2, -0.15) is 0 Å². The Morgan fingerprint density at radius 2 is 2.08 bits per heavy atom. The number of allylic oxidation sites excluding steroid dienone is 1. The third-order valence-corrected chi connectivity index (χ3v) is 8.02. The van der Waals surface area contributed by atoms with E-state index in [2.05, 4.69) is 25.4 Å². The van der Waals surface area contributed by atoms with Crippen LogP contribution in [0, 0.1) is 0 Å². The molecule has 0 bridgehead atoms. The number of nitrogens with zero attached hydrogens (tertiary/aromatic N) is 5. The fourth-order valence-corrected chi connectivity index (χ4v) is 5.91. The number of fused-ring (bicyclic) bond motifs is 1. The molecule has 0 saturated carbocycles. The summed E-state index contributed by atoms with van der Waals surface area (Å²) in [5, 5.41) is 15.9. The minimum Gasteiger partial charge on any atom is -0.457 e. The molecule has 0 aromatic carbocycles. The van der Waals surface area contributed by atoms with Gasteiger partial charge in [-0.05, 0) is 12.5 Å². The van der Waals surface area contributed by atoms with Gasteiger partial charge in [0, 0.05) is 29.1 Å². The number of nitrogens with one attached hydrogen (secondary N) is 1. The van der Waals surface area contributed by atoms with Crippen molar-refractivity contribution in [2.24, 2.45) is 5.16 Å². The number of nitrogen functional groups attached to an aromatic ring is 1. The molecule has 5 rings (SSSR count). The smallest absolute Gasteiger partial charge is 0.457 e. The van der Waals surface area contributed by atoms with Crippen LogP contribution >= 0.6 is 23.1 Å². The van der Waals surface area contributed by atoms with Crippen LogP contribution in [0.1, 0.15) is 18.2 Å². The zero-order valence-corrected chi connectivity index (χ0v) is 22.3. The number of hydrogen-bond donors (Lipinski definition) is 3. The van der Waals surface area contributed by atoms with Crippen molar-refractivity contribution in [3.05, 3.63) is 52.7 Å². The van der Waals surface area contributed by atoms with Crippen LogP contribution in [0.3, 0.4) is 0 Å². The van der Waals surface area contributed by atoms with E-state index < -0.39 is 53.3 Å². The van der Waals surface area contributed by atoms with Crippen LogP contribution in [0.2, 0.25) is 0 Å². The van der Waals surface area contributed by atoms with Gasteiger partial charge in [0.25, 0.3) is 11.8 Å². The molecule has 3 aliphatic rings. The number of esters is 1. The Balaban J connectivity index is 1.36. The van der Waals surface area contributed by atoms with Gasteiger partial charge in [-0.15, -0.1) is 23.1 Å². The summed E-state index contributed by atoms with van der Waals surface area (Å²) in [5.74, 6) is -1.95. The molecule has 0 aliphatic carbocycles. The van der Waals surface area contributed by atoms with E-state index in [1.54, 1.807) is 31.5 Å². The molecule has 2 aromatic heterocycles. The maximum atomic E-state index is 13.3. The zero-order valence-electron chi connectivity index (χ0n) is 20.6. The maximum absolute atomic E-state index is 13.3. The zero-order chi connectivity index (χ0) is 28.4. The van der Waals surface area contributed by atoms with Crippen molar-refractivity contribution in [1.82, 2.24) is 25.2 Å². The number of rotatable bonds is 8. The standard InChI is InChI=1S/C23H21N7O8S2/c1-10-14(38-23(34)37-10)6-36-21(33)17-12(3-2-11-4-25-9-26-5-11)7-39-20-16(19(32)30(17)20)28-18(31)15(29-35)13-8-40-22(24)27-13/h2-5,8-10,14,16,20,35H,6-7H2,1H3,(H2,24,27)(H,28,31)/b3-2-,29-15-/t10?,14?,16-,20-/m1/s1. The van der Waals surface area contributed by atoms with Crippen molar-refractivity contribution in [2.75, 3.05) is 18.1 Å². The van der Waals surface area contributed by atoms with Crippen molar-refractivity contribution in [3.63, 3.8) is 0 Å². The number of thiazole rings is 1. The number of ether oxygens (including phenoxy) is 3. The lowest BCUT2D eigenvalue weighted by molar-refractivity contribution is -0.153. The molecule has 2 unspecified atom stereocenters. The SMILES string of the molecule is CC1OC(=O)OC1COC(=O)C1=C(/C=C\c2cncnc2)CS[C@@H]2[C@H](NC(=O)/C(=N\O)c3csc(N)n3)C(=O)N12. The molecular weight excluding hydrogens is 566 g/mol. The second-order valence-electron chi connectivity index (χ2n) is 8.59. The summed E-state index contributed by atoms with van der Waals surface area (Å²) < 4.78 is 15.3. The van der Waals surface area contributed by atoms with Gasteiger partial charge in [-0.25, -0.2) is 24.5 Å². The summed E-state index contributed by atoms with van der Waals surface area (Å²) in [6, 6.07) is -1.02. The Hall–Kier alpha value is -4.51. The molecule has 4 N–H and O–H groups in total. The lowest BCUT2D eigenvalue weighted by Crippen LogP contribution is -2.71. The van der Waals surface area contributed by atoms with Crippen LogP contribution in [0.15, 0.2) is 46.6 Å². The maximum Gasteiger partial charge on any atom is 0.509 e. The number of carbonyl (C=O) groups excluding carboxylic acids is 4. The highest BCUT2D eigenvalue weighted by Gasteiger charge is 2.54. The number of cyclic esters (lactones) is 2. The fourth-order valence-electron chi connectivity index (χ4n) is 4.04. The Bertz CT molecular complexity index is 1440. The molecule has 2 fully saturated rings. The molecule has 0 radical (unpaired) electrons. The highest BCUT2D eigenvalue weighted by atomic mass is 32.2. The molecule has 2 saturated heterocycles. The first kappa shape index (κ1) is 27.1. The Morgan fingerprint density at radius 1 is 1.30 bits per heavy atom. The van der Waals surface area contributed by atoms with Crippen molar-refractivity contribution in [2.45, 2.75) is 30.5 Å². The number of aromatic nitrogens is 3. The molecular formula is C23H21N7O8S2. The number of oxime groups is 1. The Morgan fingerprint density at radius 3 is 2.73 bits per heavy atom. The normalized spacial score (nSPS) is 24.3. The topological polar surface area (TPSA) is 209 Å². The number of amides is 2. The van der Waals surface area contributed by atoms with E-state index in [9.17, 15) is 24.4 Å². The molecule has 3 aliphatic heterocycles. The van der Waals surface area contributed by atoms with Gasteiger partial charge in [-0.1, -0.05) is 17.3 Å². The second kappa shape index (κ2) is 11.3. The highest BCUT2D eigenvalue weighted by Crippen LogP contribution is 2.41. The van der Waals surface area contributed by atoms with Crippen molar-refractivity contribution >= 4 is 64.0 Å². The lowest BCUT2D eigenvalue weighted by atomic mass is 10.0. The van der Waals surface area contributed by atoms with Crippen LogP contribution in [-0.4, -0.2) is 90.7 Å². The first-order valence-corrected chi connectivity index (χ1v) is 13.6. The lowest BCUT2D eigenvalue weighted by Gasteiger charge is -2.49. The third-order valence-electron chi connectivity index (χ3n) is 6.05. The monoisotopic (exact) mass is 587 g/mol. The molecule has 17 heteroatoms. The summed E-state index contributed by atoms with van der Waals surface area (Å²) in [6.45, 7) is 1.31. The van der Waals surface area contributed by atoms with Gasteiger partial charge in [0.05, 0.1) is 0 Å². The van der Waals surface area contributed by atoms with Crippen LogP contribution in [0.4, 0.5) is 9.93 Å². The largest absolute Gasteiger partial charge is 0.509 e. The van der Waals surface area contributed by atoms with Crippen molar-refractivity contribution in [3.8, 4) is 0 Å². The summed E-state index contributed by atoms with van der Waals surface area (Å²) in [6.07, 6.45) is 5.58. The van der Waals surface area contributed by atoms with E-state index in [-0.39, 0.29) is 28.9 Å². The molecule has 2 amide bonds. The highest BCUT2D eigenvalue weighted by molar-refractivity contribution is 8.00. The van der Waals surface area contributed by atoms with Crippen LogP contribution < -0.4 is 11.1 Å². The predicted octanol–water partition coefficient (Wildman–Crippen LogP) is 0.528. The number of nitrogens with two attached hydrogens (primary N) is 1. The third kappa shape index (κ3) is 5.32. The van der Waals surface area contributed by atoms with Crippen LogP contribution in [-0.2, 0) is 28.6 Å². The summed E-state index contributed by atoms with van der Waals surface area (Å²) in [4.78, 5) is 63.8. The Kier molecular flexibility index (Phi) is 7.65. The average Bonchev–Trinajstić information content (AvgIpc) is 3.52. The molecule has 4 atom stereocenters. The molecule has 5 heterocycles. The van der Waals surface area contributed by atoms with E-state index in [0.717, 1.165) is 11.3 Å². The molecule has 15 nitrogen and oxygen atoms in total. The number of β-lactam (4-membered cyclic amide) rings is 1. The second-order valence-corrected chi connectivity index (χ2v) is 10.6. The van der Waals surface area contributed by atoms with Gasteiger partial charge in [-0.3, -0.25) is 14.5 Å². The van der Waals surface area contributed by atoms with Crippen molar-refractivity contribution < 1.29 is 38.6 Å². The van der Waals surface area contributed by atoms with E-state index in [0.29, 0.717) is 11.1 Å². The van der Waals surface area contributed by atoms with Gasteiger partial charge in [0.15, 0.2) is 16.9 Å². The molecule has 40 heavy (non-hydrogen) atoms. The van der Waals surface area contributed by atoms with Gasteiger partial charge in [0.2, 0.25) is 0 Å². The number of carbonyl (C=O) groups is 4. The van der Waals surface area contributed by atoms with E-state index in [4.69, 9.17) is 19.9 Å². The first-order valence-electron chi connectivity index (χ1n) is 11.7. The van der Waals surface area contributed by atoms with Gasteiger partial charge in [0.1, 0.15) is 41.8 Å². The van der Waals surface area contributed by atoms with Crippen molar-refractivity contribution in [1.29, 1.82) is 0 Å². The van der Waals surface area contributed by atoms with Crippen LogP contribution in [0.5, 0.6) is 0 Å². The molecule has 208 valence electrons. The number of anilines is 1. The van der Waals surface area contributed by atoms with E-state index in [1.165, 1.54) is 28.4 Å². The quantitative estimate of drug-likeness (QED) is 0.127. The minimum absolute atomic E-state index is 0.0198. The Labute approximate surface area is 234 Å². The van der Waals surface area contributed by atoms with Crippen LogP contribution in [0.25, 0.3) is 6.08 Å². The summed E-state index contributed by atoms with van der Waals surface area (Å²) in [7, 11) is 0. The summed E-state index contributed by atoms with van der Waals surface area (Å²) in [5.41, 5.74) is 6.37. The van der Waals surface area contributed by atoms with Gasteiger partial charge >= 0.3 is 12.1 Å². The number of hydrogen-bond acceptors (Lipinski definition) is 15. The molecule has 0 spiro atoms. The average molecular weight is 588 g/mol. The van der Waals surface area contributed by atoms with E-state index >= 15 is 0 Å².